The number of aliphatic imine (C=N–C) groups is 1. The van der Waals surface area contributed by atoms with Crippen molar-refractivity contribution in [2.45, 2.75) is 6.92 Å². The first-order chi connectivity index (χ1) is 11.5. The molecule has 0 spiro atoms. The summed E-state index contributed by atoms with van der Waals surface area (Å²) in [5.41, 5.74) is 5.04. The highest BCUT2D eigenvalue weighted by Gasteiger charge is 2.25. The molecule has 0 fully saturated rings. The molecule has 1 aliphatic heterocycles. The van der Waals surface area contributed by atoms with Crippen molar-refractivity contribution < 1.29 is 9.59 Å². The first-order valence-corrected chi connectivity index (χ1v) is 7.68. The maximum atomic E-state index is 12.3. The zero-order valence-electron chi connectivity index (χ0n) is 12.9. The first kappa shape index (κ1) is 16.0. The highest BCUT2D eigenvalue weighted by molar-refractivity contribution is 6.43. The van der Waals surface area contributed by atoms with E-state index in [4.69, 9.17) is 11.6 Å². The molecule has 2 N–H and O–H groups in total. The molecule has 0 bridgehead atoms. The molecule has 7 heteroatoms. The number of nitrogens with zero attached hydrogens (tertiary/aromatic N) is 2. The van der Waals surface area contributed by atoms with Crippen LogP contribution in [0.2, 0.25) is 5.02 Å². The lowest BCUT2D eigenvalue weighted by molar-refractivity contribution is -0.118. The van der Waals surface area contributed by atoms with Crippen LogP contribution in [-0.4, -0.2) is 24.2 Å². The van der Waals surface area contributed by atoms with Gasteiger partial charge in [-0.3, -0.25) is 20.0 Å². The van der Waals surface area contributed by atoms with Gasteiger partial charge >= 0.3 is 0 Å². The average Bonchev–Trinajstić information content (AvgIpc) is 2.56. The van der Waals surface area contributed by atoms with Crippen LogP contribution in [0.25, 0.3) is 0 Å². The van der Waals surface area contributed by atoms with Gasteiger partial charge in [-0.25, -0.2) is 5.01 Å². The second-order valence-corrected chi connectivity index (χ2v) is 5.74. The number of carbonyl (C=O) groups is 2. The van der Waals surface area contributed by atoms with E-state index in [1.165, 1.54) is 5.01 Å². The molecular weight excluding hydrogens is 328 g/mol. The van der Waals surface area contributed by atoms with Crippen molar-refractivity contribution in [2.24, 2.45) is 4.99 Å². The van der Waals surface area contributed by atoms with Crippen molar-refractivity contribution in [3.8, 4) is 0 Å². The van der Waals surface area contributed by atoms with E-state index in [2.05, 4.69) is 15.7 Å². The van der Waals surface area contributed by atoms with Crippen molar-refractivity contribution in [2.75, 3.05) is 16.9 Å². The molecule has 2 amide bonds. The summed E-state index contributed by atoms with van der Waals surface area (Å²) in [5, 5.41) is 4.53. The van der Waals surface area contributed by atoms with E-state index in [-0.39, 0.29) is 18.3 Å². The van der Waals surface area contributed by atoms with Gasteiger partial charge in [-0.05, 0) is 37.3 Å². The van der Waals surface area contributed by atoms with Crippen LogP contribution in [-0.2, 0) is 9.59 Å². The molecule has 0 atom stereocenters. The molecule has 0 unspecified atom stereocenters. The number of carbonyl (C=O) groups excluding carboxylic acids is 2. The predicted molar refractivity (Wildman–Crippen MR) is 94.2 cm³/mol. The minimum atomic E-state index is -0.443. The fraction of sp³-hybridized carbons (Fsp3) is 0.118. The standard InChI is InChI=1S/C17H15ClN4O2/c1-11-5-7-14(8-6-11)22-15(23)10-19-16(21-22)17(24)20-13-4-2-3-12(18)9-13/h2-9H,10H2,1H3,(H,19,21)(H,20,24). The van der Waals surface area contributed by atoms with E-state index < -0.39 is 5.91 Å². The lowest BCUT2D eigenvalue weighted by atomic mass is 10.2. The van der Waals surface area contributed by atoms with Gasteiger partial charge in [0.25, 0.3) is 11.8 Å². The summed E-state index contributed by atoms with van der Waals surface area (Å²) in [7, 11) is 0. The Morgan fingerprint density at radius 1 is 1.25 bits per heavy atom. The fourth-order valence-electron chi connectivity index (χ4n) is 2.20. The topological polar surface area (TPSA) is 73.8 Å². The Balaban J connectivity index is 1.75. The van der Waals surface area contributed by atoms with Gasteiger partial charge in [0.1, 0.15) is 6.54 Å². The predicted octanol–water partition coefficient (Wildman–Crippen LogP) is 2.54. The number of hydrogen-bond donors (Lipinski definition) is 2. The van der Waals surface area contributed by atoms with Crippen molar-refractivity contribution in [3.63, 3.8) is 0 Å². The van der Waals surface area contributed by atoms with E-state index in [9.17, 15) is 9.59 Å². The van der Waals surface area contributed by atoms with Crippen LogP contribution in [0.4, 0.5) is 11.4 Å². The summed E-state index contributed by atoms with van der Waals surface area (Å²) in [4.78, 5) is 28.4. The quantitative estimate of drug-likeness (QED) is 0.900. The van der Waals surface area contributed by atoms with Crippen molar-refractivity contribution in [1.82, 2.24) is 5.43 Å². The third-order valence-corrected chi connectivity index (χ3v) is 3.66. The molecule has 0 saturated heterocycles. The lowest BCUT2D eigenvalue weighted by Crippen LogP contribution is -2.54. The van der Waals surface area contributed by atoms with E-state index in [1.54, 1.807) is 36.4 Å². The zero-order valence-corrected chi connectivity index (χ0v) is 13.7. The van der Waals surface area contributed by atoms with Crippen molar-refractivity contribution in [3.05, 3.63) is 59.1 Å². The van der Waals surface area contributed by atoms with Crippen LogP contribution in [0.1, 0.15) is 5.56 Å². The molecule has 0 aliphatic carbocycles. The lowest BCUT2D eigenvalue weighted by Gasteiger charge is -2.27. The van der Waals surface area contributed by atoms with Gasteiger partial charge in [-0.1, -0.05) is 35.4 Å². The summed E-state index contributed by atoms with van der Waals surface area (Å²) in [5.74, 6) is -0.616. The third kappa shape index (κ3) is 3.55. The number of rotatable bonds is 3. The van der Waals surface area contributed by atoms with Gasteiger partial charge < -0.3 is 5.32 Å². The molecule has 6 nitrogen and oxygen atoms in total. The molecule has 0 saturated carbocycles. The molecule has 3 rings (SSSR count). The zero-order chi connectivity index (χ0) is 17.1. The van der Waals surface area contributed by atoms with E-state index in [0.717, 1.165) is 5.56 Å². The van der Waals surface area contributed by atoms with Crippen LogP contribution >= 0.6 is 11.6 Å². The molecule has 24 heavy (non-hydrogen) atoms. The summed E-state index contributed by atoms with van der Waals surface area (Å²) in [6, 6.07) is 14.2. The normalized spacial score (nSPS) is 14.0. The van der Waals surface area contributed by atoms with Crippen LogP contribution < -0.4 is 15.8 Å². The SMILES string of the molecule is Cc1ccc(N2NC(C(=O)Nc3cccc(Cl)c3)=NCC2=O)cc1. The molecule has 1 aliphatic rings. The number of hydrazine groups is 1. The van der Waals surface area contributed by atoms with Crippen LogP contribution in [0, 0.1) is 6.92 Å². The average molecular weight is 343 g/mol. The van der Waals surface area contributed by atoms with Gasteiger partial charge in [-0.15, -0.1) is 0 Å². The molecule has 1 heterocycles. The second-order valence-electron chi connectivity index (χ2n) is 5.31. The Bertz CT molecular complexity index is 818. The number of nitrogens with one attached hydrogen (secondary N) is 2. The number of halogens is 1. The van der Waals surface area contributed by atoms with E-state index in [1.807, 2.05) is 19.1 Å². The molecular formula is C17H15ClN4O2. The van der Waals surface area contributed by atoms with Crippen LogP contribution in [0.3, 0.4) is 0 Å². The Kier molecular flexibility index (Phi) is 4.48. The van der Waals surface area contributed by atoms with Gasteiger partial charge in [0.15, 0.2) is 0 Å². The number of hydrogen-bond acceptors (Lipinski definition) is 4. The number of amides is 2. The smallest absolute Gasteiger partial charge is 0.292 e. The Labute approximate surface area is 144 Å². The molecule has 122 valence electrons. The van der Waals surface area contributed by atoms with E-state index in [0.29, 0.717) is 16.4 Å². The highest BCUT2D eigenvalue weighted by Crippen LogP contribution is 2.17. The number of anilines is 2. The monoisotopic (exact) mass is 342 g/mol. The molecule has 0 aromatic heterocycles. The van der Waals surface area contributed by atoms with Gasteiger partial charge in [0.2, 0.25) is 5.84 Å². The van der Waals surface area contributed by atoms with Crippen molar-refractivity contribution in [1.29, 1.82) is 0 Å². The first-order valence-electron chi connectivity index (χ1n) is 7.30. The number of aryl methyl sites for hydroxylation is 1. The van der Waals surface area contributed by atoms with E-state index >= 15 is 0 Å². The Morgan fingerprint density at radius 2 is 2.00 bits per heavy atom. The summed E-state index contributed by atoms with van der Waals surface area (Å²) in [6.45, 7) is 1.86. The van der Waals surface area contributed by atoms with Crippen LogP contribution in [0.15, 0.2) is 53.5 Å². The van der Waals surface area contributed by atoms with Gasteiger partial charge in [0.05, 0.1) is 5.69 Å². The summed E-state index contributed by atoms with van der Waals surface area (Å²) >= 11 is 5.90. The van der Waals surface area contributed by atoms with Gasteiger partial charge in [-0.2, -0.15) is 0 Å². The molecule has 0 radical (unpaired) electrons. The highest BCUT2D eigenvalue weighted by atomic mass is 35.5. The second kappa shape index (κ2) is 6.72. The summed E-state index contributed by atoms with van der Waals surface area (Å²) < 4.78 is 0. The minimum Gasteiger partial charge on any atom is -0.319 e. The molecule has 2 aromatic rings. The maximum absolute atomic E-state index is 12.3. The minimum absolute atomic E-state index is 0.0650. The van der Waals surface area contributed by atoms with Crippen LogP contribution in [0.5, 0.6) is 0 Å². The Hall–Kier alpha value is -2.86. The van der Waals surface area contributed by atoms with Gasteiger partial charge in [0, 0.05) is 10.7 Å². The number of benzene rings is 2. The molecule has 2 aromatic carbocycles. The largest absolute Gasteiger partial charge is 0.319 e. The maximum Gasteiger partial charge on any atom is 0.292 e. The third-order valence-electron chi connectivity index (χ3n) is 3.43. The summed E-state index contributed by atoms with van der Waals surface area (Å²) in [6.07, 6.45) is 0. The number of amidine groups is 1. The Morgan fingerprint density at radius 3 is 2.71 bits per heavy atom. The van der Waals surface area contributed by atoms with Crippen molar-refractivity contribution >= 4 is 40.6 Å². The fourth-order valence-corrected chi connectivity index (χ4v) is 2.39.